The van der Waals surface area contributed by atoms with Crippen molar-refractivity contribution in [3.63, 3.8) is 0 Å². The third-order valence-electron chi connectivity index (χ3n) is 7.26. The Morgan fingerprint density at radius 2 is 0.944 bits per heavy atom. The van der Waals surface area contributed by atoms with Crippen molar-refractivity contribution in [2.75, 3.05) is 0 Å². The molecule has 0 aliphatic rings. The Labute approximate surface area is 212 Å². The summed E-state index contributed by atoms with van der Waals surface area (Å²) in [6, 6.07) is 46.0. The van der Waals surface area contributed by atoms with Gasteiger partial charge in [0, 0.05) is 0 Å². The summed E-state index contributed by atoms with van der Waals surface area (Å²) in [7, 11) is 0. The molecule has 6 aromatic carbocycles. The minimum Gasteiger partial charge on any atom is -0.0798 e. The minimum absolute atomic E-state index is 1.24. The van der Waals surface area contributed by atoms with E-state index in [1.54, 1.807) is 0 Å². The smallest absolute Gasteiger partial charge is 0.00264 e. The highest BCUT2D eigenvalue weighted by Crippen LogP contribution is 2.41. The molecule has 0 amide bonds. The largest absolute Gasteiger partial charge is 0.0798 e. The summed E-state index contributed by atoms with van der Waals surface area (Å²) in [6.45, 7) is 4.38. The van der Waals surface area contributed by atoms with E-state index >= 15 is 0 Å². The van der Waals surface area contributed by atoms with Gasteiger partial charge >= 0.3 is 0 Å². The van der Waals surface area contributed by atoms with Gasteiger partial charge in [0.05, 0.1) is 0 Å². The highest BCUT2D eigenvalue weighted by atomic mass is 14.2. The number of fused-ring (bicyclic) bond motifs is 2. The van der Waals surface area contributed by atoms with Gasteiger partial charge in [0.2, 0.25) is 0 Å². The maximum Gasteiger partial charge on any atom is -0.00264 e. The van der Waals surface area contributed by atoms with Gasteiger partial charge in [0.1, 0.15) is 0 Å². The van der Waals surface area contributed by atoms with Crippen LogP contribution in [0.4, 0.5) is 0 Å². The average molecular weight is 461 g/mol. The molecule has 0 heteroatoms. The molecule has 0 atom stereocenters. The third-order valence-corrected chi connectivity index (χ3v) is 7.26. The molecule has 0 saturated carbocycles. The molecule has 0 N–H and O–H groups in total. The lowest BCUT2D eigenvalue weighted by Gasteiger charge is -2.18. The molecule has 0 aliphatic carbocycles. The van der Waals surface area contributed by atoms with Crippen molar-refractivity contribution in [3.05, 3.63) is 143 Å². The van der Waals surface area contributed by atoms with Gasteiger partial charge in [-0.3, -0.25) is 0 Å². The van der Waals surface area contributed by atoms with Gasteiger partial charge in [0.25, 0.3) is 0 Å². The summed E-state index contributed by atoms with van der Waals surface area (Å²) >= 11 is 0. The van der Waals surface area contributed by atoms with E-state index in [2.05, 4.69) is 147 Å². The Hall–Kier alpha value is -4.42. The summed E-state index contributed by atoms with van der Waals surface area (Å²) in [5.41, 5.74) is 7.65. The lowest BCUT2D eigenvalue weighted by molar-refractivity contribution is 1.45. The summed E-state index contributed by atoms with van der Waals surface area (Å²) < 4.78 is 0. The zero-order valence-corrected chi connectivity index (χ0v) is 20.7. The Bertz CT molecular complexity index is 1770. The number of hydrogen-bond acceptors (Lipinski definition) is 0. The molecule has 0 saturated heterocycles. The van der Waals surface area contributed by atoms with Gasteiger partial charge in [0.15, 0.2) is 0 Å². The lowest BCUT2D eigenvalue weighted by Crippen LogP contribution is -2.25. The second-order valence-electron chi connectivity index (χ2n) is 9.29. The van der Waals surface area contributed by atoms with Crippen LogP contribution in [0.5, 0.6) is 0 Å². The fraction of sp³-hybridized carbons (Fsp3) is 0.0556. The Balaban J connectivity index is 1.68. The first-order chi connectivity index (χ1) is 17.8. The van der Waals surface area contributed by atoms with Crippen molar-refractivity contribution in [1.29, 1.82) is 0 Å². The molecule has 6 rings (SSSR count). The summed E-state index contributed by atoms with van der Waals surface area (Å²) in [5, 5.41) is 7.72. The zero-order chi connectivity index (χ0) is 24.5. The van der Waals surface area contributed by atoms with Crippen LogP contribution in [0, 0.1) is 0 Å². The van der Waals surface area contributed by atoms with E-state index in [0.29, 0.717) is 0 Å². The predicted octanol–water partition coefficient (Wildman–Crippen LogP) is 8.35. The fourth-order valence-corrected chi connectivity index (χ4v) is 5.53. The van der Waals surface area contributed by atoms with Crippen LogP contribution in [0.3, 0.4) is 0 Å². The summed E-state index contributed by atoms with van der Waals surface area (Å²) in [6.07, 6.45) is 2.20. The van der Waals surface area contributed by atoms with Crippen LogP contribution in [0.25, 0.3) is 55.4 Å². The standard InChI is InChI=1S/C36H28/c1-3-26-13-7-8-16-30(26)25(2)35-31-17-9-11-19-33(31)36(34-20-12-10-18-32(34)35)29-23-21-28(22-24-29)27-14-5-4-6-15-27/h3-24H,1-2H3/b26-3-,30-25+. The molecule has 0 nitrogen and oxygen atoms in total. The average Bonchev–Trinajstić information content (AvgIpc) is 2.96. The molecule has 0 unspecified atom stereocenters. The molecule has 0 heterocycles. The maximum absolute atomic E-state index is 2.28. The van der Waals surface area contributed by atoms with E-state index in [1.807, 2.05) is 0 Å². The fourth-order valence-electron chi connectivity index (χ4n) is 5.53. The summed E-state index contributed by atoms with van der Waals surface area (Å²) in [4.78, 5) is 0. The van der Waals surface area contributed by atoms with Gasteiger partial charge < -0.3 is 0 Å². The Kier molecular flexibility index (Phi) is 5.71. The lowest BCUT2D eigenvalue weighted by atomic mass is 9.85. The van der Waals surface area contributed by atoms with E-state index in [9.17, 15) is 0 Å². The first-order valence-electron chi connectivity index (χ1n) is 12.6. The molecule has 0 bridgehead atoms. The second-order valence-corrected chi connectivity index (χ2v) is 9.29. The van der Waals surface area contributed by atoms with Gasteiger partial charge in [-0.25, -0.2) is 0 Å². The third kappa shape index (κ3) is 3.72. The molecular formula is C36H28. The van der Waals surface area contributed by atoms with Crippen LogP contribution in [0.15, 0.2) is 127 Å². The Morgan fingerprint density at radius 1 is 0.472 bits per heavy atom. The predicted molar refractivity (Wildman–Crippen MR) is 156 cm³/mol. The van der Waals surface area contributed by atoms with Gasteiger partial charge in [-0.05, 0) is 79.2 Å². The van der Waals surface area contributed by atoms with E-state index < -0.39 is 0 Å². The molecular weight excluding hydrogens is 432 g/mol. The number of hydrogen-bond donors (Lipinski definition) is 0. The number of benzene rings is 6. The van der Waals surface area contributed by atoms with E-state index in [0.717, 1.165) is 0 Å². The van der Waals surface area contributed by atoms with Gasteiger partial charge in [-0.2, -0.15) is 0 Å². The maximum atomic E-state index is 2.28. The monoisotopic (exact) mass is 460 g/mol. The molecule has 172 valence electrons. The quantitative estimate of drug-likeness (QED) is 0.233. The van der Waals surface area contributed by atoms with E-state index in [-0.39, 0.29) is 0 Å². The van der Waals surface area contributed by atoms with E-state index in [4.69, 9.17) is 0 Å². The van der Waals surface area contributed by atoms with Crippen LogP contribution in [0.1, 0.15) is 19.4 Å². The highest BCUT2D eigenvalue weighted by Gasteiger charge is 2.16. The molecule has 0 aromatic heterocycles. The highest BCUT2D eigenvalue weighted by molar-refractivity contribution is 6.18. The first kappa shape index (κ1) is 22.1. The van der Waals surface area contributed by atoms with Crippen molar-refractivity contribution < 1.29 is 0 Å². The molecule has 0 fully saturated rings. The first-order valence-corrected chi connectivity index (χ1v) is 12.6. The van der Waals surface area contributed by atoms with Gasteiger partial charge in [-0.15, -0.1) is 0 Å². The Morgan fingerprint density at radius 3 is 1.56 bits per heavy atom. The normalized spacial score (nSPS) is 12.8. The van der Waals surface area contributed by atoms with Crippen molar-refractivity contribution in [3.8, 4) is 22.3 Å². The van der Waals surface area contributed by atoms with Gasteiger partial charge in [-0.1, -0.05) is 133 Å². The number of rotatable bonds is 3. The van der Waals surface area contributed by atoms with Crippen molar-refractivity contribution in [1.82, 2.24) is 0 Å². The summed E-state index contributed by atoms with van der Waals surface area (Å²) in [5.74, 6) is 0. The molecule has 0 spiro atoms. The van der Waals surface area contributed by atoms with Crippen molar-refractivity contribution in [2.24, 2.45) is 0 Å². The molecule has 6 aromatic rings. The van der Waals surface area contributed by atoms with Crippen LogP contribution in [-0.4, -0.2) is 0 Å². The van der Waals surface area contributed by atoms with Crippen molar-refractivity contribution >= 4 is 33.2 Å². The zero-order valence-electron chi connectivity index (χ0n) is 20.7. The second kappa shape index (κ2) is 9.32. The van der Waals surface area contributed by atoms with Crippen LogP contribution >= 0.6 is 0 Å². The molecule has 0 aliphatic heterocycles. The minimum atomic E-state index is 1.24. The van der Waals surface area contributed by atoms with Crippen molar-refractivity contribution in [2.45, 2.75) is 13.8 Å². The van der Waals surface area contributed by atoms with Crippen LogP contribution in [0.2, 0.25) is 0 Å². The SMILES string of the molecule is C/C=c1/cccc/c1=C(/C)c1c2ccccc2c(-c2ccc(-c3ccccc3)cc2)c2ccccc12. The molecule has 36 heavy (non-hydrogen) atoms. The van der Waals surface area contributed by atoms with E-state index in [1.165, 1.54) is 65.4 Å². The topological polar surface area (TPSA) is 0 Å². The molecule has 0 radical (unpaired) electrons. The van der Waals surface area contributed by atoms with Crippen LogP contribution in [-0.2, 0) is 0 Å². The van der Waals surface area contributed by atoms with Crippen LogP contribution < -0.4 is 10.4 Å².